The Morgan fingerprint density at radius 2 is 1.82 bits per heavy atom. The third-order valence-corrected chi connectivity index (χ3v) is 5.22. The van der Waals surface area contributed by atoms with Crippen molar-refractivity contribution in [2.75, 3.05) is 0 Å². The number of pyridine rings is 1. The molecule has 33 heavy (non-hydrogen) atoms. The molecule has 0 unspecified atom stereocenters. The summed E-state index contributed by atoms with van der Waals surface area (Å²) in [5, 5.41) is 5.13. The highest BCUT2D eigenvalue weighted by Gasteiger charge is 2.15. The van der Waals surface area contributed by atoms with Crippen LogP contribution in [0.25, 0.3) is 22.4 Å². The van der Waals surface area contributed by atoms with Crippen LogP contribution in [0.2, 0.25) is 0 Å². The van der Waals surface area contributed by atoms with Gasteiger partial charge in [0.2, 0.25) is 5.88 Å². The maximum atomic E-state index is 12.7. The van der Waals surface area contributed by atoms with Crippen LogP contribution < -0.4 is 4.74 Å². The van der Waals surface area contributed by atoms with Crippen LogP contribution in [0.1, 0.15) is 21.5 Å². The van der Waals surface area contributed by atoms with E-state index in [0.29, 0.717) is 34.1 Å². The average molecular weight is 435 g/mol. The van der Waals surface area contributed by atoms with E-state index < -0.39 is 0 Å². The van der Waals surface area contributed by atoms with Gasteiger partial charge in [-0.1, -0.05) is 35.9 Å². The van der Waals surface area contributed by atoms with Crippen LogP contribution in [0.3, 0.4) is 0 Å². The van der Waals surface area contributed by atoms with Gasteiger partial charge in [-0.2, -0.15) is 10.1 Å². The fourth-order valence-corrected chi connectivity index (χ4v) is 3.64. The van der Waals surface area contributed by atoms with Crippen molar-refractivity contribution in [2.24, 2.45) is 7.05 Å². The smallest absolute Gasteiger partial charge is 0.234 e. The summed E-state index contributed by atoms with van der Waals surface area (Å²) < 4.78 is 7.86. The molecular formula is C26H21N5O2. The molecule has 0 bridgehead atoms. The molecule has 0 saturated carbocycles. The van der Waals surface area contributed by atoms with E-state index in [0.717, 1.165) is 16.7 Å². The van der Waals surface area contributed by atoms with Crippen LogP contribution >= 0.6 is 0 Å². The van der Waals surface area contributed by atoms with Gasteiger partial charge in [-0.3, -0.25) is 14.5 Å². The standard InChI is InChI=1S/C26H21N5O2/c1-17-5-3-7-20(13-17)23(32)15-18-6-4-8-21(14-18)33-26-22-16-31(2)30-25(22)28-24(29-26)19-9-11-27-12-10-19/h3-14,16H,15H2,1-2H3. The van der Waals surface area contributed by atoms with E-state index in [1.54, 1.807) is 17.1 Å². The van der Waals surface area contributed by atoms with E-state index in [1.807, 2.05) is 80.8 Å². The lowest BCUT2D eigenvalue weighted by Crippen LogP contribution is -2.04. The van der Waals surface area contributed by atoms with E-state index in [2.05, 4.69) is 20.1 Å². The summed E-state index contributed by atoms with van der Waals surface area (Å²) in [5.74, 6) is 1.56. The van der Waals surface area contributed by atoms with Gasteiger partial charge in [0.05, 0.1) is 0 Å². The van der Waals surface area contributed by atoms with Gasteiger partial charge < -0.3 is 4.74 Å². The fraction of sp³-hybridized carbons (Fsp3) is 0.115. The van der Waals surface area contributed by atoms with Gasteiger partial charge in [0.15, 0.2) is 17.3 Å². The first-order valence-electron chi connectivity index (χ1n) is 10.5. The molecule has 0 amide bonds. The first-order chi connectivity index (χ1) is 16.0. The molecule has 3 aromatic heterocycles. The Balaban J connectivity index is 1.46. The predicted molar refractivity (Wildman–Crippen MR) is 125 cm³/mol. The van der Waals surface area contributed by atoms with Crippen molar-refractivity contribution < 1.29 is 9.53 Å². The summed E-state index contributed by atoms with van der Waals surface area (Å²) in [7, 11) is 1.83. The number of ketones is 1. The lowest BCUT2D eigenvalue weighted by molar-refractivity contribution is 0.0993. The molecule has 0 aliphatic carbocycles. The third kappa shape index (κ3) is 4.48. The molecular weight excluding hydrogens is 414 g/mol. The quantitative estimate of drug-likeness (QED) is 0.351. The normalized spacial score (nSPS) is 11.0. The summed E-state index contributed by atoms with van der Waals surface area (Å²) in [4.78, 5) is 26.0. The lowest BCUT2D eigenvalue weighted by Gasteiger charge is -2.09. The topological polar surface area (TPSA) is 82.8 Å². The van der Waals surface area contributed by atoms with E-state index in [4.69, 9.17) is 4.74 Å². The zero-order valence-corrected chi connectivity index (χ0v) is 18.3. The highest BCUT2D eigenvalue weighted by Crippen LogP contribution is 2.30. The van der Waals surface area contributed by atoms with Gasteiger partial charge >= 0.3 is 0 Å². The van der Waals surface area contributed by atoms with E-state index in [9.17, 15) is 4.79 Å². The number of fused-ring (bicyclic) bond motifs is 1. The monoisotopic (exact) mass is 435 g/mol. The SMILES string of the molecule is Cc1cccc(C(=O)Cc2cccc(Oc3nc(-c4ccncc4)nc4nn(C)cc34)c2)c1. The van der Waals surface area contributed by atoms with Crippen LogP contribution in [0, 0.1) is 6.92 Å². The molecule has 7 heteroatoms. The van der Waals surface area contributed by atoms with Gasteiger partial charge in [0.25, 0.3) is 0 Å². The van der Waals surface area contributed by atoms with Crippen molar-refractivity contribution in [3.63, 3.8) is 0 Å². The number of Topliss-reactive ketones (excluding diaryl/α,β-unsaturated/α-hetero) is 1. The minimum atomic E-state index is 0.0625. The Bertz CT molecular complexity index is 1460. The zero-order valence-electron chi connectivity index (χ0n) is 18.3. The minimum Gasteiger partial charge on any atom is -0.438 e. The van der Waals surface area contributed by atoms with Crippen molar-refractivity contribution in [1.82, 2.24) is 24.7 Å². The van der Waals surface area contributed by atoms with E-state index in [1.165, 1.54) is 0 Å². The molecule has 2 aromatic carbocycles. The molecule has 5 rings (SSSR count). The number of nitrogens with zero attached hydrogens (tertiary/aromatic N) is 5. The van der Waals surface area contributed by atoms with Crippen molar-refractivity contribution in [1.29, 1.82) is 0 Å². The number of carbonyl (C=O) groups is 1. The fourth-order valence-electron chi connectivity index (χ4n) is 3.64. The second kappa shape index (κ2) is 8.63. The summed E-state index contributed by atoms with van der Waals surface area (Å²) in [5.41, 5.74) is 3.99. The number of carbonyl (C=O) groups excluding carboxylic acids is 1. The summed E-state index contributed by atoms with van der Waals surface area (Å²) in [6, 6.07) is 18.8. The number of rotatable bonds is 6. The molecule has 0 saturated heterocycles. The Morgan fingerprint density at radius 1 is 1.00 bits per heavy atom. The lowest BCUT2D eigenvalue weighted by atomic mass is 10.0. The molecule has 162 valence electrons. The highest BCUT2D eigenvalue weighted by atomic mass is 16.5. The summed E-state index contributed by atoms with van der Waals surface area (Å²) in [6.07, 6.45) is 5.49. The summed E-state index contributed by atoms with van der Waals surface area (Å²) >= 11 is 0. The highest BCUT2D eigenvalue weighted by molar-refractivity contribution is 5.97. The average Bonchev–Trinajstić information content (AvgIpc) is 3.20. The van der Waals surface area contributed by atoms with Crippen LogP contribution in [-0.4, -0.2) is 30.5 Å². The molecule has 7 nitrogen and oxygen atoms in total. The van der Waals surface area contributed by atoms with Crippen LogP contribution in [-0.2, 0) is 13.5 Å². The molecule has 5 aromatic rings. The molecule has 0 aliphatic heterocycles. The van der Waals surface area contributed by atoms with Crippen molar-refractivity contribution in [3.05, 3.63) is 95.9 Å². The van der Waals surface area contributed by atoms with Crippen molar-refractivity contribution >= 4 is 16.8 Å². The second-order valence-corrected chi connectivity index (χ2v) is 7.85. The molecule has 0 spiro atoms. The summed E-state index contributed by atoms with van der Waals surface area (Å²) in [6.45, 7) is 1.98. The predicted octanol–water partition coefficient (Wildman–Crippen LogP) is 4.95. The molecule has 0 fully saturated rings. The molecule has 0 radical (unpaired) electrons. The van der Waals surface area contributed by atoms with Crippen molar-refractivity contribution in [2.45, 2.75) is 13.3 Å². The molecule has 3 heterocycles. The number of hydrogen-bond donors (Lipinski definition) is 0. The first-order valence-corrected chi connectivity index (χ1v) is 10.5. The largest absolute Gasteiger partial charge is 0.438 e. The number of aryl methyl sites for hydroxylation is 2. The Labute approximate surface area is 190 Å². The first kappa shape index (κ1) is 20.5. The number of ether oxygens (including phenoxy) is 1. The number of benzene rings is 2. The van der Waals surface area contributed by atoms with Gasteiger partial charge in [0, 0.05) is 43.2 Å². The van der Waals surface area contributed by atoms with Crippen LogP contribution in [0.5, 0.6) is 11.6 Å². The molecule has 0 atom stereocenters. The van der Waals surface area contributed by atoms with Gasteiger partial charge in [-0.25, -0.2) is 4.98 Å². The Kier molecular flexibility index (Phi) is 5.36. The minimum absolute atomic E-state index is 0.0625. The van der Waals surface area contributed by atoms with E-state index >= 15 is 0 Å². The zero-order chi connectivity index (χ0) is 22.8. The van der Waals surface area contributed by atoms with Crippen molar-refractivity contribution in [3.8, 4) is 23.0 Å². The maximum absolute atomic E-state index is 12.7. The van der Waals surface area contributed by atoms with Gasteiger partial charge in [-0.05, 0) is 42.8 Å². The Morgan fingerprint density at radius 3 is 2.64 bits per heavy atom. The second-order valence-electron chi connectivity index (χ2n) is 7.85. The van der Waals surface area contributed by atoms with E-state index in [-0.39, 0.29) is 12.2 Å². The van der Waals surface area contributed by atoms with Gasteiger partial charge in [-0.15, -0.1) is 0 Å². The van der Waals surface area contributed by atoms with Crippen LogP contribution in [0.15, 0.2) is 79.3 Å². The molecule has 0 N–H and O–H groups in total. The maximum Gasteiger partial charge on any atom is 0.234 e. The number of aromatic nitrogens is 5. The number of hydrogen-bond acceptors (Lipinski definition) is 6. The van der Waals surface area contributed by atoms with Gasteiger partial charge in [0.1, 0.15) is 11.1 Å². The van der Waals surface area contributed by atoms with Crippen LogP contribution in [0.4, 0.5) is 0 Å². The Hall–Kier alpha value is -4.39. The third-order valence-electron chi connectivity index (χ3n) is 5.22. The molecule has 0 aliphatic rings.